The van der Waals surface area contributed by atoms with Crippen molar-refractivity contribution < 1.29 is 15.0 Å². The highest BCUT2D eigenvalue weighted by molar-refractivity contribution is 6.17. The summed E-state index contributed by atoms with van der Waals surface area (Å²) < 4.78 is 0. The van der Waals surface area contributed by atoms with Crippen LogP contribution in [-0.2, 0) is 6.42 Å². The molecule has 0 aliphatic heterocycles. The molecular formula is C13H15ClO3. The number of halogens is 1. The van der Waals surface area contributed by atoms with E-state index < -0.39 is 12.2 Å². The van der Waals surface area contributed by atoms with Crippen molar-refractivity contribution in [2.45, 2.75) is 31.5 Å². The second-order valence-electron chi connectivity index (χ2n) is 4.29. The Labute approximate surface area is 105 Å². The average molecular weight is 255 g/mol. The third kappa shape index (κ3) is 2.37. The number of benzene rings is 1. The van der Waals surface area contributed by atoms with Crippen LogP contribution >= 0.6 is 11.6 Å². The molecule has 0 fully saturated rings. The molecule has 2 atom stereocenters. The Morgan fingerprint density at radius 2 is 2.06 bits per heavy atom. The van der Waals surface area contributed by atoms with Crippen LogP contribution in [0, 0.1) is 0 Å². The van der Waals surface area contributed by atoms with Crippen LogP contribution in [0.2, 0.25) is 0 Å². The number of aliphatic hydroxyl groups excluding tert-OH is 2. The van der Waals surface area contributed by atoms with Gasteiger partial charge in [-0.1, -0.05) is 18.2 Å². The Balaban J connectivity index is 2.31. The number of carbonyl (C=O) groups is 1. The Morgan fingerprint density at radius 1 is 1.29 bits per heavy atom. The van der Waals surface area contributed by atoms with E-state index in [4.69, 9.17) is 11.6 Å². The van der Waals surface area contributed by atoms with Gasteiger partial charge >= 0.3 is 0 Å². The number of rotatable bonds is 4. The van der Waals surface area contributed by atoms with Gasteiger partial charge in [-0.3, -0.25) is 4.79 Å². The minimum Gasteiger partial charge on any atom is -0.390 e. The predicted octanol–water partition coefficient (Wildman–Crippen LogP) is 1.84. The number of ketones is 1. The zero-order valence-electron chi connectivity index (χ0n) is 9.40. The molecule has 2 N–H and O–H groups in total. The Hall–Kier alpha value is -0.900. The van der Waals surface area contributed by atoms with Gasteiger partial charge in [0.2, 0.25) is 0 Å². The first-order valence-corrected chi connectivity index (χ1v) is 6.25. The van der Waals surface area contributed by atoms with Gasteiger partial charge in [0.05, 0.1) is 6.10 Å². The van der Waals surface area contributed by atoms with E-state index in [0.717, 1.165) is 5.56 Å². The normalized spacial score (nSPS) is 17.9. The Bertz CT molecular complexity index is 431. The molecule has 1 aliphatic carbocycles. The fourth-order valence-corrected chi connectivity index (χ4v) is 2.50. The van der Waals surface area contributed by atoms with Crippen LogP contribution < -0.4 is 0 Å². The van der Waals surface area contributed by atoms with Crippen LogP contribution in [0.4, 0.5) is 0 Å². The number of hydrogen-bond donors (Lipinski definition) is 2. The van der Waals surface area contributed by atoms with Crippen molar-refractivity contribution in [1.29, 1.82) is 0 Å². The molecular weight excluding hydrogens is 240 g/mol. The zero-order chi connectivity index (χ0) is 12.4. The SMILES string of the molecule is O=C1CCc2c1cccc2C(O)C(O)CCCl. The van der Waals surface area contributed by atoms with E-state index in [1.54, 1.807) is 18.2 Å². The second kappa shape index (κ2) is 5.17. The first-order valence-electron chi connectivity index (χ1n) is 5.72. The maximum absolute atomic E-state index is 11.6. The molecule has 0 saturated carbocycles. The molecule has 1 aliphatic rings. The maximum Gasteiger partial charge on any atom is 0.163 e. The first kappa shape index (κ1) is 12.6. The summed E-state index contributed by atoms with van der Waals surface area (Å²) in [7, 11) is 0. The van der Waals surface area contributed by atoms with E-state index in [1.165, 1.54) is 0 Å². The highest BCUT2D eigenvalue weighted by atomic mass is 35.5. The molecule has 0 heterocycles. The number of alkyl halides is 1. The summed E-state index contributed by atoms with van der Waals surface area (Å²) in [5, 5.41) is 19.8. The van der Waals surface area contributed by atoms with Crippen LogP contribution in [0.25, 0.3) is 0 Å². The molecule has 1 aromatic rings. The molecule has 0 bridgehead atoms. The summed E-state index contributed by atoms with van der Waals surface area (Å²) in [4.78, 5) is 11.6. The largest absolute Gasteiger partial charge is 0.390 e. The molecule has 0 aromatic heterocycles. The number of hydrogen-bond acceptors (Lipinski definition) is 3. The molecule has 17 heavy (non-hydrogen) atoms. The van der Waals surface area contributed by atoms with Gasteiger partial charge in [0, 0.05) is 17.9 Å². The van der Waals surface area contributed by atoms with Gasteiger partial charge in [-0.2, -0.15) is 0 Å². The topological polar surface area (TPSA) is 57.5 Å². The summed E-state index contributed by atoms with van der Waals surface area (Å²) in [5.41, 5.74) is 2.21. The molecule has 2 rings (SSSR count). The van der Waals surface area contributed by atoms with Gasteiger partial charge in [0.1, 0.15) is 6.10 Å². The minimum absolute atomic E-state index is 0.112. The quantitative estimate of drug-likeness (QED) is 0.806. The van der Waals surface area contributed by atoms with Gasteiger partial charge in [-0.15, -0.1) is 11.6 Å². The molecule has 1 aromatic carbocycles. The number of carbonyl (C=O) groups excluding carboxylic acids is 1. The van der Waals surface area contributed by atoms with E-state index in [1.807, 2.05) is 0 Å². The monoisotopic (exact) mass is 254 g/mol. The van der Waals surface area contributed by atoms with Gasteiger partial charge in [0.25, 0.3) is 0 Å². The number of aliphatic hydroxyl groups is 2. The molecule has 4 heteroatoms. The molecule has 92 valence electrons. The van der Waals surface area contributed by atoms with E-state index in [2.05, 4.69) is 0 Å². The molecule has 0 spiro atoms. The van der Waals surface area contributed by atoms with E-state index in [-0.39, 0.29) is 5.78 Å². The van der Waals surface area contributed by atoms with Gasteiger partial charge < -0.3 is 10.2 Å². The van der Waals surface area contributed by atoms with Crippen molar-refractivity contribution in [3.8, 4) is 0 Å². The van der Waals surface area contributed by atoms with Crippen LogP contribution in [0.15, 0.2) is 18.2 Å². The number of Topliss-reactive ketones (excluding diaryl/α,β-unsaturated/α-hetero) is 1. The molecule has 3 nitrogen and oxygen atoms in total. The lowest BCUT2D eigenvalue weighted by Crippen LogP contribution is -2.20. The van der Waals surface area contributed by atoms with E-state index in [0.29, 0.717) is 36.3 Å². The predicted molar refractivity (Wildman–Crippen MR) is 65.4 cm³/mol. The summed E-state index contributed by atoms with van der Waals surface area (Å²) in [5.74, 6) is 0.410. The highest BCUT2D eigenvalue weighted by Crippen LogP contribution is 2.31. The number of fused-ring (bicyclic) bond motifs is 1. The van der Waals surface area contributed by atoms with Crippen molar-refractivity contribution in [1.82, 2.24) is 0 Å². The summed E-state index contributed by atoms with van der Waals surface area (Å²) in [6.07, 6.45) is -0.371. The third-order valence-electron chi connectivity index (χ3n) is 3.20. The van der Waals surface area contributed by atoms with Crippen molar-refractivity contribution >= 4 is 17.4 Å². The van der Waals surface area contributed by atoms with E-state index in [9.17, 15) is 15.0 Å². The van der Waals surface area contributed by atoms with Gasteiger partial charge in [-0.25, -0.2) is 0 Å². The zero-order valence-corrected chi connectivity index (χ0v) is 10.2. The third-order valence-corrected chi connectivity index (χ3v) is 3.42. The van der Waals surface area contributed by atoms with Gasteiger partial charge in [0.15, 0.2) is 5.78 Å². The van der Waals surface area contributed by atoms with Crippen LogP contribution in [0.3, 0.4) is 0 Å². The summed E-state index contributed by atoms with van der Waals surface area (Å²) in [6, 6.07) is 5.28. The standard InChI is InChI=1S/C13H15ClO3/c14-7-6-12(16)13(17)10-3-1-2-9-8(10)4-5-11(9)15/h1-3,12-13,16-17H,4-7H2. The summed E-state index contributed by atoms with van der Waals surface area (Å²) >= 11 is 5.54. The Morgan fingerprint density at radius 3 is 2.76 bits per heavy atom. The minimum atomic E-state index is -0.963. The van der Waals surface area contributed by atoms with E-state index >= 15 is 0 Å². The maximum atomic E-state index is 11.6. The van der Waals surface area contributed by atoms with Crippen molar-refractivity contribution in [2.75, 3.05) is 5.88 Å². The van der Waals surface area contributed by atoms with Crippen molar-refractivity contribution in [2.24, 2.45) is 0 Å². The highest BCUT2D eigenvalue weighted by Gasteiger charge is 2.27. The lowest BCUT2D eigenvalue weighted by Gasteiger charge is -2.19. The Kier molecular flexibility index (Phi) is 3.82. The summed E-state index contributed by atoms with van der Waals surface area (Å²) in [6.45, 7) is 0. The molecule has 0 radical (unpaired) electrons. The van der Waals surface area contributed by atoms with Gasteiger partial charge in [-0.05, 0) is 24.0 Å². The second-order valence-corrected chi connectivity index (χ2v) is 4.66. The van der Waals surface area contributed by atoms with Crippen LogP contribution in [0.5, 0.6) is 0 Å². The fourth-order valence-electron chi connectivity index (χ4n) is 2.27. The van der Waals surface area contributed by atoms with Crippen molar-refractivity contribution in [3.63, 3.8) is 0 Å². The first-order chi connectivity index (χ1) is 8.15. The van der Waals surface area contributed by atoms with Crippen LogP contribution in [-0.4, -0.2) is 28.0 Å². The molecule has 0 amide bonds. The lowest BCUT2D eigenvalue weighted by atomic mass is 9.95. The lowest BCUT2D eigenvalue weighted by molar-refractivity contribution is 0.0165. The van der Waals surface area contributed by atoms with Crippen LogP contribution in [0.1, 0.15) is 40.4 Å². The van der Waals surface area contributed by atoms with Crippen molar-refractivity contribution in [3.05, 3.63) is 34.9 Å². The smallest absolute Gasteiger partial charge is 0.163 e. The molecule has 0 saturated heterocycles. The molecule has 2 unspecified atom stereocenters. The fraction of sp³-hybridized carbons (Fsp3) is 0.462. The average Bonchev–Trinajstić information content (AvgIpc) is 2.71.